The molecular weight excluding hydrogens is 287 g/mol. The standard InChI is InChI=1S/C11H5Cl2F2NO2/c12-3-5-4-1-6(14)7(15)2-8(4)16-10(13)9(5)11(17)18/h1-2H,3H2,(H,17,18). The first-order chi connectivity index (χ1) is 8.45. The lowest BCUT2D eigenvalue weighted by Gasteiger charge is -2.09. The number of carboxylic acid groups (broad SMARTS) is 1. The number of alkyl halides is 1. The molecule has 3 nitrogen and oxygen atoms in total. The van der Waals surface area contributed by atoms with E-state index in [-0.39, 0.29) is 33.1 Å². The van der Waals surface area contributed by atoms with Crippen LogP contribution in [0.2, 0.25) is 5.15 Å². The number of aromatic carboxylic acids is 1. The molecule has 94 valence electrons. The van der Waals surface area contributed by atoms with Crippen molar-refractivity contribution >= 4 is 40.1 Å². The van der Waals surface area contributed by atoms with Crippen LogP contribution in [0.25, 0.3) is 10.9 Å². The molecule has 1 aromatic carbocycles. The normalized spacial score (nSPS) is 10.9. The largest absolute Gasteiger partial charge is 0.478 e. The Bertz CT molecular complexity index is 661. The molecule has 1 N–H and O–H groups in total. The van der Waals surface area contributed by atoms with Gasteiger partial charge in [-0.2, -0.15) is 0 Å². The third-order valence-corrected chi connectivity index (χ3v) is 2.98. The fourth-order valence-electron chi connectivity index (χ4n) is 1.65. The minimum Gasteiger partial charge on any atom is -0.478 e. The van der Waals surface area contributed by atoms with E-state index in [9.17, 15) is 13.6 Å². The van der Waals surface area contributed by atoms with E-state index < -0.39 is 17.6 Å². The third-order valence-electron chi connectivity index (χ3n) is 2.44. The summed E-state index contributed by atoms with van der Waals surface area (Å²) in [5.41, 5.74) is -0.136. The van der Waals surface area contributed by atoms with Crippen LogP contribution in [0.15, 0.2) is 12.1 Å². The van der Waals surface area contributed by atoms with Crippen LogP contribution < -0.4 is 0 Å². The molecule has 0 aliphatic rings. The molecule has 0 bridgehead atoms. The van der Waals surface area contributed by atoms with Crippen molar-refractivity contribution in [2.24, 2.45) is 0 Å². The fourth-order valence-corrected chi connectivity index (χ4v) is 2.21. The monoisotopic (exact) mass is 291 g/mol. The maximum absolute atomic E-state index is 13.2. The maximum Gasteiger partial charge on any atom is 0.339 e. The zero-order valence-electron chi connectivity index (χ0n) is 8.68. The SMILES string of the molecule is O=C(O)c1c(Cl)nc2cc(F)c(F)cc2c1CCl. The first-order valence-electron chi connectivity index (χ1n) is 4.72. The Hall–Kier alpha value is -1.46. The molecule has 0 spiro atoms. The van der Waals surface area contributed by atoms with E-state index in [1.54, 1.807) is 0 Å². The second-order valence-electron chi connectivity index (χ2n) is 3.48. The first-order valence-corrected chi connectivity index (χ1v) is 5.63. The van der Waals surface area contributed by atoms with Gasteiger partial charge < -0.3 is 5.11 Å². The maximum atomic E-state index is 13.2. The van der Waals surface area contributed by atoms with Crippen molar-refractivity contribution in [1.29, 1.82) is 0 Å². The van der Waals surface area contributed by atoms with E-state index in [1.807, 2.05) is 0 Å². The summed E-state index contributed by atoms with van der Waals surface area (Å²) in [4.78, 5) is 14.8. The number of fused-ring (bicyclic) bond motifs is 1. The summed E-state index contributed by atoms with van der Waals surface area (Å²) in [6.07, 6.45) is 0. The minimum absolute atomic E-state index is 0.0551. The van der Waals surface area contributed by atoms with Gasteiger partial charge in [-0.3, -0.25) is 0 Å². The van der Waals surface area contributed by atoms with Crippen molar-refractivity contribution in [3.63, 3.8) is 0 Å². The van der Waals surface area contributed by atoms with Crippen molar-refractivity contribution in [1.82, 2.24) is 4.98 Å². The number of nitrogens with zero attached hydrogens (tertiary/aromatic N) is 1. The van der Waals surface area contributed by atoms with Gasteiger partial charge in [0.15, 0.2) is 11.6 Å². The number of hydrogen-bond donors (Lipinski definition) is 1. The van der Waals surface area contributed by atoms with Gasteiger partial charge in [0.1, 0.15) is 10.7 Å². The lowest BCUT2D eigenvalue weighted by atomic mass is 10.0. The Labute approximate surface area is 110 Å². The highest BCUT2D eigenvalue weighted by Gasteiger charge is 2.20. The highest BCUT2D eigenvalue weighted by molar-refractivity contribution is 6.33. The smallest absolute Gasteiger partial charge is 0.339 e. The summed E-state index contributed by atoms with van der Waals surface area (Å²) in [5, 5.41) is 8.83. The fraction of sp³-hybridized carbons (Fsp3) is 0.0909. The topological polar surface area (TPSA) is 50.2 Å². The minimum atomic E-state index is -1.32. The molecule has 0 saturated heterocycles. The summed E-state index contributed by atoms with van der Waals surface area (Å²) in [6, 6.07) is 1.70. The summed E-state index contributed by atoms with van der Waals surface area (Å²) >= 11 is 11.4. The number of aromatic nitrogens is 1. The van der Waals surface area contributed by atoms with Gasteiger partial charge in [-0.25, -0.2) is 18.6 Å². The highest BCUT2D eigenvalue weighted by atomic mass is 35.5. The first kappa shape index (κ1) is 13.0. The van der Waals surface area contributed by atoms with E-state index >= 15 is 0 Å². The van der Waals surface area contributed by atoms with Gasteiger partial charge >= 0.3 is 5.97 Å². The van der Waals surface area contributed by atoms with Crippen molar-refractivity contribution in [3.05, 3.63) is 40.0 Å². The molecule has 0 aliphatic heterocycles. The molecule has 0 atom stereocenters. The van der Waals surface area contributed by atoms with Gasteiger partial charge in [-0.1, -0.05) is 11.6 Å². The number of hydrogen-bond acceptors (Lipinski definition) is 2. The predicted molar refractivity (Wildman–Crippen MR) is 63.2 cm³/mol. The molecule has 0 amide bonds. The Kier molecular flexibility index (Phi) is 3.36. The Balaban J connectivity index is 2.94. The van der Waals surface area contributed by atoms with Crippen LogP contribution in [-0.2, 0) is 5.88 Å². The molecule has 0 radical (unpaired) electrons. The highest BCUT2D eigenvalue weighted by Crippen LogP contribution is 2.29. The summed E-state index contributed by atoms with van der Waals surface area (Å²) in [5.74, 6) is -3.72. The molecule has 1 heterocycles. The molecule has 2 rings (SSSR count). The van der Waals surface area contributed by atoms with Crippen LogP contribution in [0.3, 0.4) is 0 Å². The van der Waals surface area contributed by atoms with Crippen molar-refractivity contribution in [2.75, 3.05) is 0 Å². The lowest BCUT2D eigenvalue weighted by Crippen LogP contribution is -2.06. The van der Waals surface area contributed by atoms with Gasteiger partial charge in [-0.15, -0.1) is 11.6 Å². The van der Waals surface area contributed by atoms with Gasteiger partial charge in [-0.05, 0) is 11.6 Å². The predicted octanol–water partition coefficient (Wildman–Crippen LogP) is 3.60. The Morgan fingerprint density at radius 2 is 1.94 bits per heavy atom. The average molecular weight is 292 g/mol. The van der Waals surface area contributed by atoms with E-state index in [0.29, 0.717) is 0 Å². The number of carboxylic acids is 1. The number of benzene rings is 1. The van der Waals surface area contributed by atoms with Gasteiger partial charge in [0.05, 0.1) is 5.52 Å². The zero-order chi connectivity index (χ0) is 13.4. The molecule has 2 aromatic rings. The molecule has 18 heavy (non-hydrogen) atoms. The van der Waals surface area contributed by atoms with Crippen molar-refractivity contribution in [3.8, 4) is 0 Å². The third kappa shape index (κ3) is 2.00. The molecule has 0 saturated carbocycles. The van der Waals surface area contributed by atoms with Crippen LogP contribution in [0.1, 0.15) is 15.9 Å². The molecule has 1 aromatic heterocycles. The molecular formula is C11H5Cl2F2NO2. The van der Waals surface area contributed by atoms with Crippen LogP contribution >= 0.6 is 23.2 Å². The molecule has 0 fully saturated rings. The second-order valence-corrected chi connectivity index (χ2v) is 4.10. The number of halogens is 4. The van der Waals surface area contributed by atoms with Crippen LogP contribution in [-0.4, -0.2) is 16.1 Å². The van der Waals surface area contributed by atoms with Crippen molar-refractivity contribution < 1.29 is 18.7 Å². The number of pyridine rings is 1. The zero-order valence-corrected chi connectivity index (χ0v) is 10.2. The molecule has 0 aliphatic carbocycles. The van der Waals surface area contributed by atoms with Crippen LogP contribution in [0.4, 0.5) is 8.78 Å². The van der Waals surface area contributed by atoms with E-state index in [2.05, 4.69) is 4.98 Å². The van der Waals surface area contributed by atoms with E-state index in [4.69, 9.17) is 28.3 Å². The number of carbonyl (C=O) groups is 1. The van der Waals surface area contributed by atoms with Gasteiger partial charge in [0.2, 0.25) is 0 Å². The van der Waals surface area contributed by atoms with Crippen molar-refractivity contribution in [2.45, 2.75) is 5.88 Å². The van der Waals surface area contributed by atoms with Crippen LogP contribution in [0, 0.1) is 11.6 Å². The van der Waals surface area contributed by atoms with Gasteiger partial charge in [0, 0.05) is 17.3 Å². The van der Waals surface area contributed by atoms with E-state index in [1.165, 1.54) is 0 Å². The van der Waals surface area contributed by atoms with Crippen LogP contribution in [0.5, 0.6) is 0 Å². The van der Waals surface area contributed by atoms with Gasteiger partial charge in [0.25, 0.3) is 0 Å². The van der Waals surface area contributed by atoms with E-state index in [0.717, 1.165) is 12.1 Å². The second kappa shape index (κ2) is 4.66. The lowest BCUT2D eigenvalue weighted by molar-refractivity contribution is 0.0696. The summed E-state index contributed by atoms with van der Waals surface area (Å²) in [7, 11) is 0. The molecule has 0 unspecified atom stereocenters. The quantitative estimate of drug-likeness (QED) is 0.679. The summed E-state index contributed by atoms with van der Waals surface area (Å²) < 4.78 is 26.2. The number of rotatable bonds is 2. The Morgan fingerprint density at radius 1 is 1.33 bits per heavy atom. The Morgan fingerprint density at radius 3 is 2.50 bits per heavy atom. The molecule has 7 heteroatoms. The average Bonchev–Trinajstić information content (AvgIpc) is 2.29. The summed E-state index contributed by atoms with van der Waals surface area (Å²) in [6.45, 7) is 0.